The van der Waals surface area contributed by atoms with Gasteiger partial charge in [0.1, 0.15) is 0 Å². The first-order valence-corrected chi connectivity index (χ1v) is 6.12. The lowest BCUT2D eigenvalue weighted by Gasteiger charge is -2.24. The molecule has 20 heavy (non-hydrogen) atoms. The van der Waals surface area contributed by atoms with Crippen LogP contribution in [0.15, 0.2) is 30.3 Å². The minimum Gasteiger partial charge on any atom is -0.452 e. The number of carbonyl (C=O) groups is 3. The number of amides is 3. The highest BCUT2D eigenvalue weighted by Crippen LogP contribution is 2.24. The van der Waals surface area contributed by atoms with E-state index < -0.39 is 29.4 Å². The van der Waals surface area contributed by atoms with Crippen LogP contribution >= 0.6 is 0 Å². The van der Waals surface area contributed by atoms with Gasteiger partial charge in [-0.2, -0.15) is 0 Å². The van der Waals surface area contributed by atoms with Crippen molar-refractivity contribution >= 4 is 17.9 Å². The molecule has 0 aliphatic rings. The van der Waals surface area contributed by atoms with Crippen molar-refractivity contribution in [2.24, 2.45) is 5.73 Å². The summed E-state index contributed by atoms with van der Waals surface area (Å²) < 4.78 is 5.07. The molecule has 0 unspecified atom stereocenters. The van der Waals surface area contributed by atoms with E-state index in [0.29, 0.717) is 0 Å². The van der Waals surface area contributed by atoms with Crippen molar-refractivity contribution in [3.63, 3.8) is 0 Å². The van der Waals surface area contributed by atoms with E-state index in [1.165, 1.54) is 6.92 Å². The Morgan fingerprint density at radius 1 is 1.20 bits per heavy atom. The van der Waals surface area contributed by atoms with Crippen LogP contribution in [-0.2, 0) is 19.7 Å². The molecule has 0 saturated heterocycles. The van der Waals surface area contributed by atoms with E-state index in [4.69, 9.17) is 10.5 Å². The lowest BCUT2D eigenvalue weighted by molar-refractivity contribution is -0.159. The molecule has 108 valence electrons. The fourth-order valence-electron chi connectivity index (χ4n) is 1.56. The average molecular weight is 278 g/mol. The van der Waals surface area contributed by atoms with E-state index in [-0.39, 0.29) is 0 Å². The Kier molecular flexibility index (Phi) is 4.85. The van der Waals surface area contributed by atoms with Gasteiger partial charge in [0.05, 0.1) is 5.41 Å². The number of carbonyl (C=O) groups excluding carboxylic acids is 3. The molecule has 0 radical (unpaired) electrons. The molecule has 1 rings (SSSR count). The van der Waals surface area contributed by atoms with Crippen LogP contribution in [0.1, 0.15) is 26.3 Å². The molecule has 0 heterocycles. The number of benzene rings is 1. The van der Waals surface area contributed by atoms with Gasteiger partial charge in [-0.1, -0.05) is 30.3 Å². The number of primary amides is 1. The van der Waals surface area contributed by atoms with Gasteiger partial charge in [-0.15, -0.1) is 0 Å². The monoisotopic (exact) mass is 278 g/mol. The third kappa shape index (κ3) is 3.81. The number of nitrogens with one attached hydrogen (secondary N) is 1. The molecule has 1 aromatic rings. The van der Waals surface area contributed by atoms with Crippen LogP contribution < -0.4 is 11.1 Å². The van der Waals surface area contributed by atoms with Gasteiger partial charge in [0.25, 0.3) is 5.91 Å². The van der Waals surface area contributed by atoms with Gasteiger partial charge in [0.2, 0.25) is 0 Å². The minimum absolute atomic E-state index is 0.559. The lowest BCUT2D eigenvalue weighted by Crippen LogP contribution is -2.44. The third-order valence-electron chi connectivity index (χ3n) is 2.91. The maximum atomic E-state index is 12.1. The van der Waals surface area contributed by atoms with Gasteiger partial charge in [-0.25, -0.2) is 4.79 Å². The number of urea groups is 1. The largest absolute Gasteiger partial charge is 0.452 e. The second kappa shape index (κ2) is 6.18. The van der Waals surface area contributed by atoms with Crippen molar-refractivity contribution in [1.82, 2.24) is 5.32 Å². The molecule has 6 heteroatoms. The normalized spacial score (nSPS) is 12.3. The second-order valence-electron chi connectivity index (χ2n) is 4.89. The fourth-order valence-corrected chi connectivity index (χ4v) is 1.56. The van der Waals surface area contributed by atoms with E-state index in [1.54, 1.807) is 26.0 Å². The van der Waals surface area contributed by atoms with E-state index in [1.807, 2.05) is 23.5 Å². The Balaban J connectivity index is 2.75. The van der Waals surface area contributed by atoms with E-state index in [2.05, 4.69) is 0 Å². The van der Waals surface area contributed by atoms with Crippen LogP contribution in [0.3, 0.4) is 0 Å². The molecule has 3 amide bonds. The van der Waals surface area contributed by atoms with E-state index in [9.17, 15) is 14.4 Å². The van der Waals surface area contributed by atoms with Crippen molar-refractivity contribution < 1.29 is 19.1 Å². The van der Waals surface area contributed by atoms with Crippen LogP contribution in [0.25, 0.3) is 0 Å². The number of esters is 1. The van der Waals surface area contributed by atoms with E-state index in [0.717, 1.165) is 5.56 Å². The summed E-state index contributed by atoms with van der Waals surface area (Å²) in [7, 11) is 0. The SMILES string of the molecule is C[C@@H](OC(=O)C(C)(C)c1ccccc1)C(=O)NC(N)=O. The van der Waals surface area contributed by atoms with Gasteiger partial charge >= 0.3 is 12.0 Å². The quantitative estimate of drug-likeness (QED) is 0.805. The first kappa shape index (κ1) is 15.7. The fraction of sp³-hybridized carbons (Fsp3) is 0.357. The lowest BCUT2D eigenvalue weighted by atomic mass is 9.85. The first-order valence-electron chi connectivity index (χ1n) is 6.12. The molecule has 0 saturated carbocycles. The van der Waals surface area contributed by atoms with Crippen molar-refractivity contribution in [2.75, 3.05) is 0 Å². The van der Waals surface area contributed by atoms with Crippen LogP contribution in [0.5, 0.6) is 0 Å². The molecule has 0 aliphatic carbocycles. The number of hydrogen-bond acceptors (Lipinski definition) is 4. The summed E-state index contributed by atoms with van der Waals surface area (Å²) in [5.41, 5.74) is 4.70. The van der Waals surface area contributed by atoms with Crippen LogP contribution in [0, 0.1) is 0 Å². The molecule has 6 nitrogen and oxygen atoms in total. The topological polar surface area (TPSA) is 98.5 Å². The highest BCUT2D eigenvalue weighted by Gasteiger charge is 2.33. The molecule has 3 N–H and O–H groups in total. The molecule has 0 aliphatic heterocycles. The Hall–Kier alpha value is -2.37. The summed E-state index contributed by atoms with van der Waals surface area (Å²) in [5.74, 6) is -1.31. The van der Waals surface area contributed by atoms with Crippen molar-refractivity contribution in [3.05, 3.63) is 35.9 Å². The molecule has 1 atom stereocenters. The van der Waals surface area contributed by atoms with Gasteiger partial charge in [-0.3, -0.25) is 14.9 Å². The van der Waals surface area contributed by atoms with E-state index >= 15 is 0 Å². The van der Waals surface area contributed by atoms with Crippen LogP contribution in [-0.4, -0.2) is 24.0 Å². The maximum Gasteiger partial charge on any atom is 0.318 e. The van der Waals surface area contributed by atoms with Gasteiger partial charge in [-0.05, 0) is 26.3 Å². The Labute approximate surface area is 117 Å². The van der Waals surface area contributed by atoms with Crippen molar-refractivity contribution in [1.29, 1.82) is 0 Å². The van der Waals surface area contributed by atoms with Crippen molar-refractivity contribution in [2.45, 2.75) is 32.3 Å². The summed E-state index contributed by atoms with van der Waals surface area (Å²) in [6, 6.07) is 8.08. The predicted octanol–water partition coefficient (Wildman–Crippen LogP) is 1.09. The number of hydrogen-bond donors (Lipinski definition) is 2. The number of ether oxygens (including phenoxy) is 1. The molecular weight excluding hydrogens is 260 g/mol. The number of rotatable bonds is 4. The highest BCUT2D eigenvalue weighted by molar-refractivity contribution is 5.97. The molecule has 1 aromatic carbocycles. The zero-order valence-corrected chi connectivity index (χ0v) is 11.7. The van der Waals surface area contributed by atoms with Crippen molar-refractivity contribution in [3.8, 4) is 0 Å². The average Bonchev–Trinajstić information content (AvgIpc) is 2.38. The summed E-state index contributed by atoms with van der Waals surface area (Å²) in [4.78, 5) is 34.2. The number of nitrogens with two attached hydrogens (primary N) is 1. The van der Waals surface area contributed by atoms with Gasteiger partial charge in [0, 0.05) is 0 Å². The third-order valence-corrected chi connectivity index (χ3v) is 2.91. The second-order valence-corrected chi connectivity index (χ2v) is 4.89. The summed E-state index contributed by atoms with van der Waals surface area (Å²) in [6.07, 6.45) is -1.10. The Morgan fingerprint density at radius 3 is 2.25 bits per heavy atom. The minimum atomic E-state index is -1.10. The standard InChI is InChI=1S/C14H18N2O4/c1-9(11(17)16-13(15)19)20-12(18)14(2,3)10-7-5-4-6-8-10/h4-9H,1-3H3,(H3,15,16,17,19)/t9-/m1/s1. The maximum absolute atomic E-state index is 12.1. The smallest absolute Gasteiger partial charge is 0.318 e. The zero-order valence-electron chi connectivity index (χ0n) is 11.7. The molecule has 0 aromatic heterocycles. The molecule has 0 bridgehead atoms. The summed E-state index contributed by atoms with van der Waals surface area (Å²) >= 11 is 0. The molecular formula is C14H18N2O4. The number of imide groups is 1. The summed E-state index contributed by atoms with van der Waals surface area (Å²) in [5, 5.41) is 1.86. The van der Waals surface area contributed by atoms with Gasteiger partial charge in [0.15, 0.2) is 6.10 Å². The zero-order chi connectivity index (χ0) is 15.3. The first-order chi connectivity index (χ1) is 9.25. The molecule has 0 spiro atoms. The Bertz CT molecular complexity index is 511. The molecule has 0 fully saturated rings. The highest BCUT2D eigenvalue weighted by atomic mass is 16.5. The van der Waals surface area contributed by atoms with Crippen LogP contribution in [0.2, 0.25) is 0 Å². The predicted molar refractivity (Wildman–Crippen MR) is 72.7 cm³/mol. The van der Waals surface area contributed by atoms with Crippen LogP contribution in [0.4, 0.5) is 4.79 Å². The van der Waals surface area contributed by atoms with Gasteiger partial charge < -0.3 is 10.5 Å². The summed E-state index contributed by atoms with van der Waals surface area (Å²) in [6.45, 7) is 4.77. The Morgan fingerprint density at radius 2 is 1.75 bits per heavy atom.